The van der Waals surface area contributed by atoms with Crippen LogP contribution in [0, 0.1) is 0 Å². The van der Waals surface area contributed by atoms with E-state index in [4.69, 9.17) is 9.47 Å². The third kappa shape index (κ3) is 6.34. The Morgan fingerprint density at radius 1 is 1.18 bits per heavy atom. The monoisotopic (exact) mass is 391 g/mol. The lowest BCUT2D eigenvalue weighted by molar-refractivity contribution is -0.143. The standard InChI is InChI=1S/C19H25N3O6/c1-12(21-19(26)28-18(25)14-9-6-10-20-14)11-15(17(24)27-2)22-16(23)13-7-4-3-5-8-13/h3-5,7-8,12,14-15,20H,6,9-11H2,1-2H3,(H,21,26)(H,22,23)/t12?,14-,15?/m0/s1. The van der Waals surface area contributed by atoms with Crippen LogP contribution >= 0.6 is 0 Å². The van der Waals surface area contributed by atoms with E-state index in [1.807, 2.05) is 0 Å². The molecule has 0 aliphatic carbocycles. The number of nitrogens with one attached hydrogen (secondary N) is 3. The van der Waals surface area contributed by atoms with Gasteiger partial charge >= 0.3 is 18.0 Å². The number of hydrogen-bond donors (Lipinski definition) is 3. The van der Waals surface area contributed by atoms with E-state index in [1.54, 1.807) is 37.3 Å². The van der Waals surface area contributed by atoms with Gasteiger partial charge in [0.2, 0.25) is 0 Å². The summed E-state index contributed by atoms with van der Waals surface area (Å²) in [6.45, 7) is 2.34. The van der Waals surface area contributed by atoms with Gasteiger partial charge < -0.3 is 25.4 Å². The molecule has 28 heavy (non-hydrogen) atoms. The fourth-order valence-electron chi connectivity index (χ4n) is 2.88. The number of alkyl carbamates (subject to hydrolysis) is 1. The number of rotatable bonds is 7. The van der Waals surface area contributed by atoms with Gasteiger partial charge in [0.1, 0.15) is 12.1 Å². The summed E-state index contributed by atoms with van der Waals surface area (Å²) in [5, 5.41) is 8.02. The summed E-state index contributed by atoms with van der Waals surface area (Å²) in [7, 11) is 1.21. The SMILES string of the molecule is COC(=O)C(CC(C)NC(=O)OC(=O)[C@@H]1CCCN1)NC(=O)c1ccccc1. The number of methoxy groups -OCH3 is 1. The predicted octanol–water partition coefficient (Wildman–Crippen LogP) is 0.741. The molecule has 0 bridgehead atoms. The van der Waals surface area contributed by atoms with Crippen molar-refractivity contribution in [3.8, 4) is 0 Å². The van der Waals surface area contributed by atoms with Crippen LogP contribution in [0.1, 0.15) is 36.5 Å². The van der Waals surface area contributed by atoms with Crippen LogP contribution in [0.2, 0.25) is 0 Å². The lowest BCUT2D eigenvalue weighted by Gasteiger charge is -2.21. The van der Waals surface area contributed by atoms with Gasteiger partial charge in [-0.3, -0.25) is 4.79 Å². The number of hydrogen-bond acceptors (Lipinski definition) is 7. The summed E-state index contributed by atoms with van der Waals surface area (Å²) in [6, 6.07) is 6.41. The molecule has 1 aliphatic heterocycles. The largest absolute Gasteiger partial charge is 0.467 e. The Morgan fingerprint density at radius 2 is 1.89 bits per heavy atom. The highest BCUT2D eigenvalue weighted by molar-refractivity contribution is 5.96. The quantitative estimate of drug-likeness (QED) is 0.463. The molecule has 1 fully saturated rings. The van der Waals surface area contributed by atoms with Gasteiger partial charge in [0.25, 0.3) is 5.91 Å². The Bertz CT molecular complexity index is 703. The molecule has 2 unspecified atom stereocenters. The molecule has 1 aromatic rings. The van der Waals surface area contributed by atoms with E-state index in [0.29, 0.717) is 18.5 Å². The summed E-state index contributed by atoms with van der Waals surface area (Å²) in [5.41, 5.74) is 0.395. The van der Waals surface area contributed by atoms with Gasteiger partial charge in [0.15, 0.2) is 0 Å². The summed E-state index contributed by atoms with van der Waals surface area (Å²) in [6.07, 6.45) is 0.636. The van der Waals surface area contributed by atoms with Crippen molar-refractivity contribution in [2.24, 2.45) is 0 Å². The Hall–Kier alpha value is -2.94. The van der Waals surface area contributed by atoms with E-state index in [1.165, 1.54) is 7.11 Å². The van der Waals surface area contributed by atoms with Crippen molar-refractivity contribution in [2.45, 2.75) is 44.3 Å². The highest BCUT2D eigenvalue weighted by Gasteiger charge is 2.28. The second kappa shape index (κ2) is 10.4. The van der Waals surface area contributed by atoms with Crippen LogP contribution in [0.4, 0.5) is 4.79 Å². The molecule has 3 N–H and O–H groups in total. The van der Waals surface area contributed by atoms with Crippen molar-refractivity contribution in [3.05, 3.63) is 35.9 Å². The molecular weight excluding hydrogens is 366 g/mol. The first-order valence-corrected chi connectivity index (χ1v) is 9.10. The molecule has 1 aliphatic rings. The van der Waals surface area contributed by atoms with Crippen LogP contribution < -0.4 is 16.0 Å². The van der Waals surface area contributed by atoms with Crippen LogP contribution in [0.3, 0.4) is 0 Å². The number of amides is 2. The molecule has 3 atom stereocenters. The minimum atomic E-state index is -0.972. The van der Waals surface area contributed by atoms with Gasteiger partial charge in [0.05, 0.1) is 7.11 Å². The summed E-state index contributed by atoms with van der Waals surface area (Å²) < 4.78 is 9.50. The second-order valence-corrected chi connectivity index (χ2v) is 6.55. The van der Waals surface area contributed by atoms with Crippen LogP contribution in [-0.4, -0.2) is 55.7 Å². The maximum Gasteiger partial charge on any atom is 0.415 e. The molecule has 0 aromatic heterocycles. The van der Waals surface area contributed by atoms with Crippen LogP contribution in [0.15, 0.2) is 30.3 Å². The third-order valence-corrected chi connectivity index (χ3v) is 4.32. The van der Waals surface area contributed by atoms with E-state index in [2.05, 4.69) is 16.0 Å². The molecular formula is C19H25N3O6. The average molecular weight is 391 g/mol. The molecule has 1 saturated heterocycles. The topological polar surface area (TPSA) is 123 Å². The molecule has 0 saturated carbocycles. The zero-order chi connectivity index (χ0) is 20.5. The van der Waals surface area contributed by atoms with E-state index < -0.39 is 42.1 Å². The summed E-state index contributed by atoms with van der Waals surface area (Å²) in [5.74, 6) is -1.71. The number of carbonyl (C=O) groups is 4. The Labute approximate surface area is 163 Å². The molecule has 2 amide bonds. The minimum Gasteiger partial charge on any atom is -0.467 e. The van der Waals surface area contributed by atoms with Crippen molar-refractivity contribution in [1.82, 2.24) is 16.0 Å². The lowest BCUT2D eigenvalue weighted by atomic mass is 10.1. The average Bonchev–Trinajstić information content (AvgIpc) is 3.22. The summed E-state index contributed by atoms with van der Waals surface area (Å²) in [4.78, 5) is 48.0. The Kier molecular flexibility index (Phi) is 7.94. The fourth-order valence-corrected chi connectivity index (χ4v) is 2.88. The van der Waals surface area contributed by atoms with Gasteiger partial charge in [-0.25, -0.2) is 14.4 Å². The Morgan fingerprint density at radius 3 is 2.50 bits per heavy atom. The number of carbonyl (C=O) groups excluding carboxylic acids is 4. The smallest absolute Gasteiger partial charge is 0.415 e. The Balaban J connectivity index is 1.88. The van der Waals surface area contributed by atoms with E-state index >= 15 is 0 Å². The molecule has 9 nitrogen and oxygen atoms in total. The van der Waals surface area contributed by atoms with Gasteiger partial charge in [-0.2, -0.15) is 0 Å². The lowest BCUT2D eigenvalue weighted by Crippen LogP contribution is -2.47. The van der Waals surface area contributed by atoms with Crippen molar-refractivity contribution in [2.75, 3.05) is 13.7 Å². The maximum absolute atomic E-state index is 12.3. The summed E-state index contributed by atoms with van der Waals surface area (Å²) >= 11 is 0. The first-order chi connectivity index (χ1) is 13.4. The molecule has 152 valence electrons. The van der Waals surface area contributed by atoms with Crippen molar-refractivity contribution >= 4 is 23.9 Å². The van der Waals surface area contributed by atoms with Gasteiger partial charge in [0, 0.05) is 11.6 Å². The van der Waals surface area contributed by atoms with Crippen molar-refractivity contribution in [3.63, 3.8) is 0 Å². The zero-order valence-electron chi connectivity index (χ0n) is 15.9. The molecule has 1 heterocycles. The highest BCUT2D eigenvalue weighted by atomic mass is 16.6. The van der Waals surface area contributed by atoms with Gasteiger partial charge in [-0.05, 0) is 44.9 Å². The number of benzene rings is 1. The highest BCUT2D eigenvalue weighted by Crippen LogP contribution is 2.08. The van der Waals surface area contributed by atoms with Gasteiger partial charge in [-0.15, -0.1) is 0 Å². The predicted molar refractivity (Wildman–Crippen MR) is 99.4 cm³/mol. The molecule has 9 heteroatoms. The van der Waals surface area contributed by atoms with Crippen molar-refractivity contribution in [1.29, 1.82) is 0 Å². The third-order valence-electron chi connectivity index (χ3n) is 4.32. The normalized spacial score (nSPS) is 17.9. The van der Waals surface area contributed by atoms with E-state index in [9.17, 15) is 19.2 Å². The van der Waals surface area contributed by atoms with E-state index in [-0.39, 0.29) is 6.42 Å². The molecule has 1 aromatic carbocycles. The van der Waals surface area contributed by atoms with Crippen molar-refractivity contribution < 1.29 is 28.7 Å². The first kappa shape index (κ1) is 21.4. The maximum atomic E-state index is 12.3. The van der Waals surface area contributed by atoms with E-state index in [0.717, 1.165) is 6.42 Å². The number of esters is 2. The fraction of sp³-hybridized carbons (Fsp3) is 0.474. The molecule has 2 rings (SSSR count). The van der Waals surface area contributed by atoms with Crippen LogP contribution in [-0.2, 0) is 19.1 Å². The number of ether oxygens (including phenoxy) is 2. The zero-order valence-corrected chi connectivity index (χ0v) is 15.9. The van der Waals surface area contributed by atoms with Gasteiger partial charge in [-0.1, -0.05) is 18.2 Å². The molecule has 0 radical (unpaired) electrons. The van der Waals surface area contributed by atoms with Crippen LogP contribution in [0.5, 0.6) is 0 Å². The first-order valence-electron chi connectivity index (χ1n) is 9.10. The molecule has 0 spiro atoms. The van der Waals surface area contributed by atoms with Crippen LogP contribution in [0.25, 0.3) is 0 Å². The second-order valence-electron chi connectivity index (χ2n) is 6.55. The minimum absolute atomic E-state index is 0.0657.